The monoisotopic (exact) mass is 515 g/mol. The van der Waals surface area contributed by atoms with E-state index in [9.17, 15) is 0 Å². The van der Waals surface area contributed by atoms with Crippen LogP contribution in [-0.2, 0) is 10.2 Å². The van der Waals surface area contributed by atoms with E-state index in [-0.39, 0.29) is 29.4 Å². The van der Waals surface area contributed by atoms with Gasteiger partial charge < -0.3 is 24.8 Å². The highest BCUT2D eigenvalue weighted by Crippen LogP contribution is 2.50. The number of nitrogens with zero attached hydrogens (tertiary/aromatic N) is 1. The number of hydrogen-bond acceptors (Lipinski definition) is 4. The summed E-state index contributed by atoms with van der Waals surface area (Å²) in [6.07, 6.45) is 7.33. The molecule has 1 heterocycles. The number of hydrogen-bond donors (Lipinski definition) is 2. The lowest BCUT2D eigenvalue weighted by atomic mass is 9.67. The van der Waals surface area contributed by atoms with Crippen LogP contribution < -0.4 is 20.1 Å². The zero-order chi connectivity index (χ0) is 19.5. The summed E-state index contributed by atoms with van der Waals surface area (Å²) in [5.74, 6) is 2.65. The van der Waals surface area contributed by atoms with Crippen molar-refractivity contribution in [2.75, 3.05) is 40.1 Å². The molecule has 2 N–H and O–H groups in total. The van der Waals surface area contributed by atoms with Gasteiger partial charge in [-0.25, -0.2) is 0 Å². The van der Waals surface area contributed by atoms with Crippen molar-refractivity contribution in [1.82, 2.24) is 10.6 Å². The summed E-state index contributed by atoms with van der Waals surface area (Å²) >= 11 is 0. The molecule has 0 amide bonds. The summed E-state index contributed by atoms with van der Waals surface area (Å²) in [5, 5.41) is 7.02. The number of methoxy groups -OCH3 is 1. The predicted octanol–water partition coefficient (Wildman–Crippen LogP) is 3.83. The van der Waals surface area contributed by atoms with Gasteiger partial charge in [-0.05, 0) is 62.1 Å². The van der Waals surface area contributed by atoms with Crippen molar-refractivity contribution in [3.63, 3.8) is 0 Å². The Hall–Kier alpha value is -1.22. The quantitative estimate of drug-likeness (QED) is 0.298. The van der Waals surface area contributed by atoms with Crippen LogP contribution in [0.2, 0.25) is 0 Å². The minimum atomic E-state index is 0. The third-order valence-electron chi connectivity index (χ3n) is 6.60. The summed E-state index contributed by atoms with van der Waals surface area (Å²) in [6.45, 7) is 5.91. The average molecular weight is 515 g/mol. The first-order chi connectivity index (χ1) is 13.7. The van der Waals surface area contributed by atoms with Gasteiger partial charge in [-0.2, -0.15) is 0 Å². The van der Waals surface area contributed by atoms with Crippen molar-refractivity contribution in [3.05, 3.63) is 23.8 Å². The van der Waals surface area contributed by atoms with Crippen LogP contribution in [-0.4, -0.2) is 46.1 Å². The van der Waals surface area contributed by atoms with Crippen molar-refractivity contribution < 1.29 is 14.2 Å². The highest BCUT2D eigenvalue weighted by Gasteiger charge is 2.45. The summed E-state index contributed by atoms with van der Waals surface area (Å²) in [4.78, 5) is 4.94. The first-order valence-corrected chi connectivity index (χ1v) is 10.6. The topological polar surface area (TPSA) is 64.1 Å². The molecule has 1 aromatic carbocycles. The second-order valence-corrected chi connectivity index (χ2v) is 8.49. The Kier molecular flexibility index (Phi) is 7.53. The van der Waals surface area contributed by atoms with Crippen LogP contribution in [0.15, 0.2) is 23.2 Å². The Labute approximate surface area is 191 Å². The third kappa shape index (κ3) is 5.10. The van der Waals surface area contributed by atoms with Gasteiger partial charge in [0.25, 0.3) is 0 Å². The fraction of sp³-hybridized carbons (Fsp3) is 0.682. The Bertz CT molecular complexity index is 717. The molecule has 1 aliphatic heterocycles. The first-order valence-electron chi connectivity index (χ1n) is 10.6. The van der Waals surface area contributed by atoms with E-state index in [4.69, 9.17) is 19.2 Å². The third-order valence-corrected chi connectivity index (χ3v) is 6.60. The Balaban J connectivity index is 0.00000240. The minimum absolute atomic E-state index is 0. The van der Waals surface area contributed by atoms with Crippen LogP contribution >= 0.6 is 24.0 Å². The van der Waals surface area contributed by atoms with Gasteiger partial charge in [-0.3, -0.25) is 4.99 Å². The van der Waals surface area contributed by atoms with Gasteiger partial charge in [0, 0.05) is 38.8 Å². The van der Waals surface area contributed by atoms with Gasteiger partial charge in [-0.15, -0.1) is 24.0 Å². The van der Waals surface area contributed by atoms with Crippen LogP contribution in [0.1, 0.15) is 51.0 Å². The molecule has 0 unspecified atom stereocenters. The zero-order valence-corrected chi connectivity index (χ0v) is 19.9. The minimum Gasteiger partial charge on any atom is -0.454 e. The molecule has 0 bridgehead atoms. The van der Waals surface area contributed by atoms with Gasteiger partial charge in [0.15, 0.2) is 17.5 Å². The molecule has 3 aliphatic rings. The van der Waals surface area contributed by atoms with Crippen LogP contribution in [0.5, 0.6) is 11.5 Å². The Morgan fingerprint density at radius 2 is 1.93 bits per heavy atom. The van der Waals surface area contributed by atoms with Crippen LogP contribution in [0.25, 0.3) is 0 Å². The first kappa shape index (κ1) is 22.5. The molecular formula is C22H34IN3O3. The maximum Gasteiger partial charge on any atom is 0.231 e. The van der Waals surface area contributed by atoms with E-state index >= 15 is 0 Å². The normalized spacial score (nSPS) is 20.4. The number of aliphatic imine (C=N–C) groups is 1. The molecule has 4 rings (SSSR count). The van der Waals surface area contributed by atoms with Gasteiger partial charge in [-0.1, -0.05) is 12.5 Å². The van der Waals surface area contributed by atoms with E-state index in [2.05, 4.69) is 29.7 Å². The summed E-state index contributed by atoms with van der Waals surface area (Å²) in [5.41, 5.74) is 1.85. The fourth-order valence-electron chi connectivity index (χ4n) is 4.27. The van der Waals surface area contributed by atoms with E-state index in [1.807, 2.05) is 6.07 Å². The molecule has 0 radical (unpaired) electrons. The number of ether oxygens (including phenoxy) is 3. The fourth-order valence-corrected chi connectivity index (χ4v) is 4.27. The average Bonchev–Trinajstić information content (AvgIpc) is 3.33. The zero-order valence-electron chi connectivity index (χ0n) is 17.6. The van der Waals surface area contributed by atoms with Gasteiger partial charge in [0.1, 0.15) is 0 Å². The van der Waals surface area contributed by atoms with Gasteiger partial charge in [0.2, 0.25) is 6.79 Å². The van der Waals surface area contributed by atoms with Gasteiger partial charge in [0.05, 0.1) is 0 Å². The molecule has 0 spiro atoms. The molecule has 2 fully saturated rings. The standard InChI is InChI=1S/C22H33N3O3.HI/c1-3-23-20(24-14-21(7-4-8-21)11-12-26-2)25-15-22(9-10-22)17-5-6-18-19(13-17)28-16-27-18;/h5-6,13H,3-4,7-12,14-16H2,1-2H3,(H2,23,24,25);1H. The van der Waals surface area contributed by atoms with E-state index in [0.717, 1.165) is 50.1 Å². The predicted molar refractivity (Wildman–Crippen MR) is 126 cm³/mol. The van der Waals surface area contributed by atoms with Crippen LogP contribution in [0.4, 0.5) is 0 Å². The second kappa shape index (κ2) is 9.73. The van der Waals surface area contributed by atoms with Crippen LogP contribution in [0, 0.1) is 5.41 Å². The van der Waals surface area contributed by atoms with Crippen molar-refractivity contribution in [2.45, 2.75) is 50.9 Å². The largest absolute Gasteiger partial charge is 0.454 e. The molecular weight excluding hydrogens is 481 g/mol. The summed E-state index contributed by atoms with van der Waals surface area (Å²) in [6, 6.07) is 6.36. The van der Waals surface area contributed by atoms with E-state index in [1.165, 1.54) is 37.7 Å². The smallest absolute Gasteiger partial charge is 0.231 e. The van der Waals surface area contributed by atoms with Crippen molar-refractivity contribution in [1.29, 1.82) is 0 Å². The molecule has 29 heavy (non-hydrogen) atoms. The van der Waals surface area contributed by atoms with E-state index in [1.54, 1.807) is 7.11 Å². The number of rotatable bonds is 9. The molecule has 2 aliphatic carbocycles. The van der Waals surface area contributed by atoms with E-state index < -0.39 is 0 Å². The number of nitrogens with one attached hydrogen (secondary N) is 2. The SMILES string of the molecule is CCNC(=NCC1(CCOC)CCC1)NCC1(c2ccc3c(c2)OCO3)CC1.I. The molecule has 1 aromatic rings. The van der Waals surface area contributed by atoms with E-state index in [0.29, 0.717) is 12.2 Å². The lowest BCUT2D eigenvalue weighted by Crippen LogP contribution is -2.43. The highest BCUT2D eigenvalue weighted by molar-refractivity contribution is 14.0. The molecule has 0 aromatic heterocycles. The molecule has 0 atom stereocenters. The van der Waals surface area contributed by atoms with Crippen LogP contribution in [0.3, 0.4) is 0 Å². The Morgan fingerprint density at radius 3 is 2.59 bits per heavy atom. The van der Waals surface area contributed by atoms with Crippen molar-refractivity contribution in [2.24, 2.45) is 10.4 Å². The maximum atomic E-state index is 5.56. The maximum absolute atomic E-state index is 5.56. The lowest BCUT2D eigenvalue weighted by Gasteiger charge is -2.40. The second-order valence-electron chi connectivity index (χ2n) is 8.49. The number of halogens is 1. The molecule has 162 valence electrons. The molecule has 7 heteroatoms. The number of benzene rings is 1. The highest BCUT2D eigenvalue weighted by atomic mass is 127. The molecule has 2 saturated carbocycles. The summed E-state index contributed by atoms with van der Waals surface area (Å²) < 4.78 is 16.3. The molecule has 0 saturated heterocycles. The van der Waals surface area contributed by atoms with Crippen molar-refractivity contribution in [3.8, 4) is 11.5 Å². The molecule has 6 nitrogen and oxygen atoms in total. The number of fused-ring (bicyclic) bond motifs is 1. The van der Waals surface area contributed by atoms with Gasteiger partial charge >= 0.3 is 0 Å². The van der Waals surface area contributed by atoms with Crippen molar-refractivity contribution >= 4 is 29.9 Å². The lowest BCUT2D eigenvalue weighted by molar-refractivity contribution is 0.0778. The Morgan fingerprint density at radius 1 is 1.14 bits per heavy atom. The summed E-state index contributed by atoms with van der Waals surface area (Å²) in [7, 11) is 1.78. The number of guanidine groups is 1.